The first-order valence-electron chi connectivity index (χ1n) is 16.5. The molecule has 2 unspecified atom stereocenters. The number of aromatic nitrogens is 2. The predicted octanol–water partition coefficient (Wildman–Crippen LogP) is 3.11. The third kappa shape index (κ3) is 10.6. The zero-order valence-corrected chi connectivity index (χ0v) is 29.5. The van der Waals surface area contributed by atoms with Crippen molar-refractivity contribution in [2.75, 3.05) is 38.1 Å². The highest BCUT2D eigenvalue weighted by Crippen LogP contribution is 2.24. The molecule has 5 amide bonds. The first kappa shape index (κ1) is 37.6. The number of anilines is 1. The summed E-state index contributed by atoms with van der Waals surface area (Å²) in [5.41, 5.74) is -0.618. The lowest BCUT2D eigenvalue weighted by Crippen LogP contribution is -2.59. The second-order valence-electron chi connectivity index (χ2n) is 13.6. The van der Waals surface area contributed by atoms with Gasteiger partial charge in [-0.25, -0.2) is 9.78 Å². The van der Waals surface area contributed by atoms with Crippen LogP contribution in [0.3, 0.4) is 0 Å². The number of piperazine rings is 1. The van der Waals surface area contributed by atoms with Crippen LogP contribution in [0.2, 0.25) is 0 Å². The van der Waals surface area contributed by atoms with Crippen LogP contribution in [0, 0.1) is 0 Å². The summed E-state index contributed by atoms with van der Waals surface area (Å²) in [7, 11) is 0. The smallest absolute Gasteiger partial charge is 0.408 e. The van der Waals surface area contributed by atoms with Crippen molar-refractivity contribution >= 4 is 35.5 Å². The molecule has 3 N–H and O–H groups in total. The van der Waals surface area contributed by atoms with Crippen molar-refractivity contribution in [2.24, 2.45) is 0 Å². The molecule has 0 aliphatic carbocycles. The van der Waals surface area contributed by atoms with Crippen LogP contribution in [0.15, 0.2) is 73.2 Å². The van der Waals surface area contributed by atoms with Gasteiger partial charge in [-0.3, -0.25) is 19.2 Å². The molecule has 50 heavy (non-hydrogen) atoms. The molecule has 1 aliphatic heterocycles. The van der Waals surface area contributed by atoms with E-state index in [2.05, 4.69) is 20.9 Å². The van der Waals surface area contributed by atoms with Gasteiger partial charge in [0.15, 0.2) is 5.82 Å². The maximum absolute atomic E-state index is 13.9. The van der Waals surface area contributed by atoms with Crippen molar-refractivity contribution in [3.05, 3.63) is 84.3 Å². The quantitative estimate of drug-likeness (QED) is 0.261. The van der Waals surface area contributed by atoms with Crippen molar-refractivity contribution in [3.8, 4) is 0 Å². The number of hydrogen-bond acceptors (Lipinski definition) is 8. The van der Waals surface area contributed by atoms with E-state index < -0.39 is 41.1 Å². The lowest BCUT2D eigenvalue weighted by Gasteiger charge is -2.36. The van der Waals surface area contributed by atoms with E-state index in [1.54, 1.807) is 41.3 Å². The second-order valence-corrected chi connectivity index (χ2v) is 13.6. The van der Waals surface area contributed by atoms with E-state index in [0.29, 0.717) is 26.2 Å². The topological polar surface area (TPSA) is 164 Å². The number of carbonyl (C=O) groups is 5. The fourth-order valence-electron chi connectivity index (χ4n) is 5.25. The van der Waals surface area contributed by atoms with E-state index in [1.807, 2.05) is 60.7 Å². The normalized spacial score (nSPS) is 14.7. The summed E-state index contributed by atoms with van der Waals surface area (Å²) >= 11 is 0. The molecule has 3 aromatic rings. The molecular formula is C36H47N7O7. The third-order valence-corrected chi connectivity index (χ3v) is 7.94. The maximum Gasteiger partial charge on any atom is 0.408 e. The van der Waals surface area contributed by atoms with E-state index in [4.69, 9.17) is 9.47 Å². The van der Waals surface area contributed by atoms with Gasteiger partial charge in [0.05, 0.1) is 19.5 Å². The lowest BCUT2D eigenvalue weighted by atomic mass is 10.0. The summed E-state index contributed by atoms with van der Waals surface area (Å²) in [5, 5.41) is 7.98. The number of amides is 5. The molecule has 2 heterocycles. The van der Waals surface area contributed by atoms with E-state index in [-0.39, 0.29) is 30.8 Å². The zero-order valence-electron chi connectivity index (χ0n) is 29.5. The van der Waals surface area contributed by atoms with Crippen molar-refractivity contribution in [1.82, 2.24) is 30.0 Å². The van der Waals surface area contributed by atoms with Gasteiger partial charge in [0.25, 0.3) is 5.91 Å². The van der Waals surface area contributed by atoms with Crippen molar-refractivity contribution < 1.29 is 33.4 Å². The summed E-state index contributed by atoms with van der Waals surface area (Å²) in [5.74, 6) is -1.31. The van der Waals surface area contributed by atoms with Gasteiger partial charge in [0.1, 0.15) is 23.2 Å². The fraction of sp³-hybridized carbons (Fsp3) is 0.444. The zero-order chi connectivity index (χ0) is 36.5. The van der Waals surface area contributed by atoms with Crippen LogP contribution in [-0.2, 0) is 35.3 Å². The molecule has 1 aliphatic rings. The van der Waals surface area contributed by atoms with Crippen LogP contribution in [-0.4, -0.2) is 99.0 Å². The second kappa shape index (κ2) is 16.4. The number of nitrogens with one attached hydrogen (secondary N) is 3. The largest absolute Gasteiger partial charge is 0.444 e. The minimum atomic E-state index is -1.44. The van der Waals surface area contributed by atoms with E-state index >= 15 is 0 Å². The first-order chi connectivity index (χ1) is 23.6. The Morgan fingerprint density at radius 1 is 0.860 bits per heavy atom. The number of carbonyl (C=O) groups excluding carboxylic acids is 5. The molecule has 2 aromatic carbocycles. The molecule has 2 atom stereocenters. The van der Waals surface area contributed by atoms with Gasteiger partial charge in [0, 0.05) is 39.3 Å². The molecule has 0 saturated carbocycles. The Hall–Kier alpha value is -5.24. The van der Waals surface area contributed by atoms with Crippen LogP contribution < -0.4 is 16.0 Å². The maximum atomic E-state index is 13.9. The van der Waals surface area contributed by atoms with Gasteiger partial charge in [-0.15, -0.1) is 0 Å². The molecule has 14 nitrogen and oxygen atoms in total. The summed E-state index contributed by atoms with van der Waals surface area (Å²) < 4.78 is 12.8. The molecule has 268 valence electrons. The number of rotatable bonds is 12. The average Bonchev–Trinajstić information content (AvgIpc) is 3.51. The van der Waals surface area contributed by atoms with E-state index in [1.165, 1.54) is 27.1 Å². The van der Waals surface area contributed by atoms with Gasteiger partial charge < -0.3 is 39.8 Å². The third-order valence-electron chi connectivity index (χ3n) is 7.94. The molecular weight excluding hydrogens is 642 g/mol. The monoisotopic (exact) mass is 689 g/mol. The average molecular weight is 690 g/mol. The number of imidazole rings is 1. The number of benzene rings is 2. The number of alkyl carbamates (subject to hydrolysis) is 1. The van der Waals surface area contributed by atoms with Crippen molar-refractivity contribution in [2.45, 2.75) is 71.4 Å². The summed E-state index contributed by atoms with van der Waals surface area (Å²) in [6.45, 7) is 11.3. The highest BCUT2D eigenvalue weighted by atomic mass is 16.6. The fourth-order valence-corrected chi connectivity index (χ4v) is 5.25. The SMILES string of the molecule is CC(=O)N1CCN(C(=O)C(c2ccccc2)n2cnc(NC(=O)C(COCc3ccccc3)NC(=O)C(C)(C)NC(=O)OC(C)(C)C)c2)CC1. The molecule has 1 saturated heterocycles. The standard InChI is InChI=1S/C36H47N7O7/c1-25(44)41-17-19-42(20-18-41)32(46)30(27-15-11-8-12-16-27)43-21-29(37-24-43)39-31(45)28(23-49-22-26-13-9-7-10-14-26)38-33(47)36(5,6)40-34(48)50-35(2,3)4/h7-16,21,24,28,30H,17-20,22-23H2,1-6H3,(H,38,47)(H,39,45)(H,40,48). The van der Waals surface area contributed by atoms with Crippen molar-refractivity contribution in [1.29, 1.82) is 0 Å². The Kier molecular flexibility index (Phi) is 12.4. The minimum Gasteiger partial charge on any atom is -0.444 e. The Balaban J connectivity index is 1.50. The van der Waals surface area contributed by atoms with Gasteiger partial charge in [-0.05, 0) is 45.7 Å². The van der Waals surface area contributed by atoms with E-state index in [0.717, 1.165) is 11.1 Å². The molecule has 4 rings (SSSR count). The summed E-state index contributed by atoms with van der Waals surface area (Å²) in [6.07, 6.45) is 2.23. The Morgan fingerprint density at radius 3 is 2.06 bits per heavy atom. The Morgan fingerprint density at radius 2 is 1.46 bits per heavy atom. The number of ether oxygens (including phenoxy) is 2. The minimum absolute atomic E-state index is 0.0328. The van der Waals surface area contributed by atoms with Crippen LogP contribution in [0.25, 0.3) is 0 Å². The number of hydrogen-bond donors (Lipinski definition) is 3. The van der Waals surface area contributed by atoms with Gasteiger partial charge >= 0.3 is 6.09 Å². The van der Waals surface area contributed by atoms with Gasteiger partial charge in [-0.1, -0.05) is 60.7 Å². The Labute approximate surface area is 292 Å². The summed E-state index contributed by atoms with van der Waals surface area (Å²) in [4.78, 5) is 73.0. The number of nitrogens with zero attached hydrogens (tertiary/aromatic N) is 4. The molecule has 14 heteroatoms. The van der Waals surface area contributed by atoms with Crippen molar-refractivity contribution in [3.63, 3.8) is 0 Å². The highest BCUT2D eigenvalue weighted by Gasteiger charge is 2.35. The lowest BCUT2D eigenvalue weighted by molar-refractivity contribution is -0.139. The molecule has 0 spiro atoms. The van der Waals surface area contributed by atoms with E-state index in [9.17, 15) is 24.0 Å². The van der Waals surface area contributed by atoms with Crippen LogP contribution in [0.5, 0.6) is 0 Å². The molecule has 0 radical (unpaired) electrons. The molecule has 1 aromatic heterocycles. The molecule has 0 bridgehead atoms. The summed E-state index contributed by atoms with van der Waals surface area (Å²) in [6, 6.07) is 16.6. The van der Waals surface area contributed by atoms with Gasteiger partial charge in [0.2, 0.25) is 17.7 Å². The van der Waals surface area contributed by atoms with Crippen LogP contribution in [0.4, 0.5) is 10.6 Å². The predicted molar refractivity (Wildman–Crippen MR) is 186 cm³/mol. The highest BCUT2D eigenvalue weighted by molar-refractivity contribution is 5.98. The first-order valence-corrected chi connectivity index (χ1v) is 16.5. The Bertz CT molecular complexity index is 1630. The molecule has 1 fully saturated rings. The van der Waals surface area contributed by atoms with Crippen LogP contribution >= 0.6 is 0 Å². The van der Waals surface area contributed by atoms with Crippen LogP contribution in [0.1, 0.15) is 58.7 Å². The van der Waals surface area contributed by atoms with Gasteiger partial charge in [-0.2, -0.15) is 0 Å².